The highest BCUT2D eigenvalue weighted by Gasteiger charge is 2.33. The molecule has 1 aliphatic rings. The Bertz CT molecular complexity index is 569. The number of nitro benzene ring substituents is 1. The fourth-order valence-electron chi connectivity index (χ4n) is 3.26. The Morgan fingerprint density at radius 2 is 1.96 bits per heavy atom. The smallest absolute Gasteiger partial charge is 0.344 e. The lowest BCUT2D eigenvalue weighted by molar-refractivity contribution is -0.384. The van der Waals surface area contributed by atoms with Crippen molar-refractivity contribution in [2.24, 2.45) is 17.8 Å². The zero-order valence-corrected chi connectivity index (χ0v) is 14.4. The number of nitro groups is 1. The minimum absolute atomic E-state index is 0.0131. The van der Waals surface area contributed by atoms with E-state index in [-0.39, 0.29) is 18.4 Å². The first-order valence-corrected chi connectivity index (χ1v) is 8.43. The van der Waals surface area contributed by atoms with Gasteiger partial charge in [-0.1, -0.05) is 27.2 Å². The molecule has 24 heavy (non-hydrogen) atoms. The third-order valence-electron chi connectivity index (χ3n) is 4.65. The molecule has 0 aliphatic heterocycles. The largest absolute Gasteiger partial charge is 0.482 e. The molecular weight excluding hydrogens is 310 g/mol. The summed E-state index contributed by atoms with van der Waals surface area (Å²) in [6.07, 6.45) is 3.10. The fourth-order valence-corrected chi connectivity index (χ4v) is 3.26. The van der Waals surface area contributed by atoms with Crippen molar-refractivity contribution >= 4 is 11.7 Å². The van der Waals surface area contributed by atoms with Crippen LogP contribution in [0.1, 0.15) is 40.0 Å². The van der Waals surface area contributed by atoms with Crippen molar-refractivity contribution in [3.05, 3.63) is 34.4 Å². The Balaban J connectivity index is 1.86. The summed E-state index contributed by atoms with van der Waals surface area (Å²) in [6.45, 7) is 6.32. The molecule has 0 N–H and O–H groups in total. The number of carbonyl (C=O) groups is 1. The molecule has 0 aromatic heterocycles. The molecule has 3 atom stereocenters. The van der Waals surface area contributed by atoms with E-state index in [0.717, 1.165) is 12.8 Å². The first-order chi connectivity index (χ1) is 11.4. The van der Waals surface area contributed by atoms with Crippen LogP contribution in [0.25, 0.3) is 0 Å². The van der Waals surface area contributed by atoms with Gasteiger partial charge in [-0.3, -0.25) is 10.1 Å². The third kappa shape index (κ3) is 4.94. The molecule has 132 valence electrons. The van der Waals surface area contributed by atoms with Crippen molar-refractivity contribution in [3.63, 3.8) is 0 Å². The Morgan fingerprint density at radius 1 is 1.29 bits per heavy atom. The first-order valence-electron chi connectivity index (χ1n) is 8.43. The molecule has 1 saturated carbocycles. The second kappa shape index (κ2) is 8.13. The Kier molecular flexibility index (Phi) is 6.17. The summed E-state index contributed by atoms with van der Waals surface area (Å²) in [7, 11) is 0. The van der Waals surface area contributed by atoms with Crippen LogP contribution >= 0.6 is 0 Å². The molecule has 1 aromatic rings. The number of rotatable bonds is 6. The van der Waals surface area contributed by atoms with E-state index < -0.39 is 10.9 Å². The SMILES string of the molecule is CC(C)[C@@H]1CC[C@@H](C)C[C@H]1OC(=O)COc1ccc([N+](=O)[O-])cc1. The molecule has 0 bridgehead atoms. The number of ether oxygens (including phenoxy) is 2. The zero-order valence-electron chi connectivity index (χ0n) is 14.4. The van der Waals surface area contributed by atoms with Crippen LogP contribution in [0.4, 0.5) is 5.69 Å². The number of esters is 1. The maximum atomic E-state index is 12.1. The number of benzene rings is 1. The van der Waals surface area contributed by atoms with E-state index in [1.807, 2.05) is 0 Å². The van der Waals surface area contributed by atoms with Crippen LogP contribution in [0.5, 0.6) is 5.75 Å². The Labute approximate surface area is 142 Å². The van der Waals surface area contributed by atoms with E-state index in [1.54, 1.807) is 0 Å². The topological polar surface area (TPSA) is 78.7 Å². The van der Waals surface area contributed by atoms with E-state index >= 15 is 0 Å². The maximum Gasteiger partial charge on any atom is 0.344 e. The van der Waals surface area contributed by atoms with Crippen molar-refractivity contribution in [2.75, 3.05) is 6.61 Å². The number of nitrogens with zero attached hydrogens (tertiary/aromatic N) is 1. The van der Waals surface area contributed by atoms with Crippen molar-refractivity contribution < 1.29 is 19.2 Å². The molecule has 6 heteroatoms. The van der Waals surface area contributed by atoms with Gasteiger partial charge in [0.25, 0.3) is 5.69 Å². The summed E-state index contributed by atoms with van der Waals surface area (Å²) in [5, 5.41) is 10.6. The second-order valence-corrected chi connectivity index (χ2v) is 6.89. The zero-order chi connectivity index (χ0) is 17.7. The van der Waals surface area contributed by atoms with E-state index in [4.69, 9.17) is 9.47 Å². The molecule has 0 heterocycles. The lowest BCUT2D eigenvalue weighted by Crippen LogP contribution is -2.36. The molecule has 1 aromatic carbocycles. The van der Waals surface area contributed by atoms with Crippen LogP contribution in [0.2, 0.25) is 0 Å². The van der Waals surface area contributed by atoms with Gasteiger partial charge in [-0.15, -0.1) is 0 Å². The third-order valence-corrected chi connectivity index (χ3v) is 4.65. The van der Waals surface area contributed by atoms with Crippen LogP contribution in [0.3, 0.4) is 0 Å². The highest BCUT2D eigenvalue weighted by Crippen LogP contribution is 2.35. The van der Waals surface area contributed by atoms with E-state index in [0.29, 0.717) is 23.5 Å². The van der Waals surface area contributed by atoms with Gasteiger partial charge in [-0.2, -0.15) is 0 Å². The summed E-state index contributed by atoms with van der Waals surface area (Å²) in [6, 6.07) is 5.65. The van der Waals surface area contributed by atoms with Crippen LogP contribution in [0.15, 0.2) is 24.3 Å². The Morgan fingerprint density at radius 3 is 2.54 bits per heavy atom. The minimum atomic E-state index is -0.478. The van der Waals surface area contributed by atoms with Gasteiger partial charge in [0.2, 0.25) is 0 Å². The fraction of sp³-hybridized carbons (Fsp3) is 0.611. The molecule has 1 aliphatic carbocycles. The number of hydrogen-bond acceptors (Lipinski definition) is 5. The summed E-state index contributed by atoms with van der Waals surface area (Å²) in [4.78, 5) is 22.2. The first kappa shape index (κ1) is 18.2. The predicted molar refractivity (Wildman–Crippen MR) is 89.8 cm³/mol. The van der Waals surface area contributed by atoms with Crippen LogP contribution < -0.4 is 4.74 Å². The van der Waals surface area contributed by atoms with Crippen LogP contribution in [-0.4, -0.2) is 23.6 Å². The number of carbonyl (C=O) groups excluding carboxylic acids is 1. The molecule has 0 spiro atoms. The van der Waals surface area contributed by atoms with Gasteiger partial charge in [-0.25, -0.2) is 4.79 Å². The van der Waals surface area contributed by atoms with Crippen LogP contribution in [-0.2, 0) is 9.53 Å². The van der Waals surface area contributed by atoms with Gasteiger partial charge < -0.3 is 9.47 Å². The molecule has 6 nitrogen and oxygen atoms in total. The molecule has 0 unspecified atom stereocenters. The highest BCUT2D eigenvalue weighted by molar-refractivity contribution is 5.71. The molecular formula is C18H25NO5. The molecule has 2 rings (SSSR count). The highest BCUT2D eigenvalue weighted by atomic mass is 16.6. The summed E-state index contributed by atoms with van der Waals surface area (Å²) in [5.74, 6) is 1.46. The number of hydrogen-bond donors (Lipinski definition) is 0. The van der Waals surface area contributed by atoms with Gasteiger partial charge >= 0.3 is 5.97 Å². The normalized spacial score (nSPS) is 23.8. The quantitative estimate of drug-likeness (QED) is 0.446. The minimum Gasteiger partial charge on any atom is -0.482 e. The van der Waals surface area contributed by atoms with E-state index in [9.17, 15) is 14.9 Å². The molecule has 0 amide bonds. The number of non-ortho nitro benzene ring substituents is 1. The van der Waals surface area contributed by atoms with Gasteiger partial charge in [0.1, 0.15) is 11.9 Å². The van der Waals surface area contributed by atoms with Crippen molar-refractivity contribution in [1.29, 1.82) is 0 Å². The van der Waals surface area contributed by atoms with Gasteiger partial charge in [-0.05, 0) is 42.7 Å². The summed E-state index contributed by atoms with van der Waals surface area (Å²) < 4.78 is 11.0. The Hall–Kier alpha value is -2.11. The standard InChI is InChI=1S/C18H25NO5/c1-12(2)16-9-4-13(3)10-17(16)24-18(20)11-23-15-7-5-14(6-8-15)19(21)22/h5-8,12-13,16-17H,4,9-11H2,1-3H3/t13-,16+,17-/m1/s1. The predicted octanol–water partition coefficient (Wildman–Crippen LogP) is 3.98. The van der Waals surface area contributed by atoms with Crippen LogP contribution in [0, 0.1) is 27.9 Å². The average Bonchev–Trinajstić information content (AvgIpc) is 2.53. The monoisotopic (exact) mass is 335 g/mol. The average molecular weight is 335 g/mol. The van der Waals surface area contributed by atoms with E-state index in [2.05, 4.69) is 20.8 Å². The lowest BCUT2D eigenvalue weighted by Gasteiger charge is -2.36. The molecule has 0 radical (unpaired) electrons. The van der Waals surface area contributed by atoms with Crippen molar-refractivity contribution in [1.82, 2.24) is 0 Å². The summed E-state index contributed by atoms with van der Waals surface area (Å²) >= 11 is 0. The molecule has 0 saturated heterocycles. The van der Waals surface area contributed by atoms with E-state index in [1.165, 1.54) is 30.7 Å². The van der Waals surface area contributed by atoms with Gasteiger partial charge in [0.05, 0.1) is 4.92 Å². The van der Waals surface area contributed by atoms with Crippen molar-refractivity contribution in [2.45, 2.75) is 46.1 Å². The molecule has 1 fully saturated rings. The maximum absolute atomic E-state index is 12.1. The summed E-state index contributed by atoms with van der Waals surface area (Å²) in [5.41, 5.74) is -0.0131. The second-order valence-electron chi connectivity index (χ2n) is 6.89. The lowest BCUT2D eigenvalue weighted by atomic mass is 9.75. The van der Waals surface area contributed by atoms with Gasteiger partial charge in [0, 0.05) is 12.1 Å². The van der Waals surface area contributed by atoms with Gasteiger partial charge in [0.15, 0.2) is 6.61 Å². The van der Waals surface area contributed by atoms with Crippen molar-refractivity contribution in [3.8, 4) is 5.75 Å².